The Kier molecular flexibility index (Phi) is 20.1. The fourth-order valence-corrected chi connectivity index (χ4v) is 3.82. The predicted octanol–water partition coefficient (Wildman–Crippen LogP) is 8.57. The topological polar surface area (TPSA) is 116 Å². The van der Waals surface area contributed by atoms with Crippen LogP contribution in [-0.2, 0) is 9.53 Å². The van der Waals surface area contributed by atoms with E-state index in [0.717, 1.165) is 55.5 Å². The molecule has 1 aromatic rings. The maximum atomic E-state index is 11.8. The van der Waals surface area contributed by atoms with E-state index in [1.807, 2.05) is 34.6 Å². The van der Waals surface area contributed by atoms with Crippen molar-refractivity contribution >= 4 is 18.5 Å². The van der Waals surface area contributed by atoms with E-state index in [1.54, 1.807) is 12.4 Å². The van der Waals surface area contributed by atoms with Gasteiger partial charge in [-0.15, -0.1) is 0 Å². The summed E-state index contributed by atoms with van der Waals surface area (Å²) in [4.78, 5) is 43.7. The van der Waals surface area contributed by atoms with E-state index in [0.29, 0.717) is 0 Å². The van der Waals surface area contributed by atoms with E-state index < -0.39 is 11.7 Å². The molecule has 0 aromatic carbocycles. The highest BCUT2D eigenvalue weighted by Crippen LogP contribution is 2.34. The van der Waals surface area contributed by atoms with Gasteiger partial charge >= 0.3 is 12.2 Å². The molecule has 2 fully saturated rings. The lowest BCUT2D eigenvalue weighted by Gasteiger charge is -2.29. The number of nitrogens with one attached hydrogen (secondary N) is 1. The number of carbonyl (C=O) groups is 3. The molecule has 2 N–H and O–H groups in total. The molecule has 0 radical (unpaired) electrons. The number of ether oxygens (including phenoxy) is 1. The quantitative estimate of drug-likeness (QED) is 0.337. The Hall–Kier alpha value is -2.58. The van der Waals surface area contributed by atoms with E-state index in [-0.39, 0.29) is 30.3 Å². The van der Waals surface area contributed by atoms with Crippen molar-refractivity contribution in [1.82, 2.24) is 19.8 Å². The highest BCUT2D eigenvalue weighted by molar-refractivity contribution is 5.75. The zero-order chi connectivity index (χ0) is 32.5. The van der Waals surface area contributed by atoms with Gasteiger partial charge < -0.3 is 19.6 Å². The molecular formula is C32H62N4O5. The fraction of sp³-hybridized carbons (Fsp3) is 0.812. The highest BCUT2D eigenvalue weighted by Gasteiger charge is 2.37. The lowest BCUT2D eigenvalue weighted by Crippen LogP contribution is -2.43. The number of rotatable bonds is 2. The Morgan fingerprint density at radius 1 is 0.902 bits per heavy atom. The molecule has 0 bridgehead atoms. The zero-order valence-corrected chi connectivity index (χ0v) is 28.5. The minimum atomic E-state index is -0.864. The van der Waals surface area contributed by atoms with Gasteiger partial charge in [0.15, 0.2) is 0 Å². The number of likely N-dealkylation sites (tertiary alicyclic amines) is 2. The molecule has 2 aliphatic heterocycles. The predicted molar refractivity (Wildman–Crippen MR) is 168 cm³/mol. The molecule has 240 valence electrons. The largest absolute Gasteiger partial charge is 0.465 e. The molecule has 0 unspecified atom stereocenters. The molecule has 41 heavy (non-hydrogen) atoms. The first-order chi connectivity index (χ1) is 18.7. The van der Waals surface area contributed by atoms with Crippen LogP contribution in [-0.4, -0.2) is 67.1 Å². The minimum Gasteiger partial charge on any atom is -0.465 e. The van der Waals surface area contributed by atoms with Crippen LogP contribution in [0.25, 0.3) is 0 Å². The Labute approximate surface area is 250 Å². The molecule has 3 heterocycles. The number of nitrogens with zero attached hydrogens (tertiary/aromatic N) is 3. The third kappa shape index (κ3) is 19.2. The van der Waals surface area contributed by atoms with Crippen molar-refractivity contribution < 1.29 is 24.2 Å². The molecule has 2 aliphatic rings. The van der Waals surface area contributed by atoms with Gasteiger partial charge in [-0.05, 0) is 78.1 Å². The van der Waals surface area contributed by atoms with Crippen molar-refractivity contribution in [3.63, 3.8) is 0 Å². The minimum absolute atomic E-state index is 0.0857. The molecule has 4 atom stereocenters. The SMILES string of the molecule is CC(C)C.CC(C)C.CC(C)C.C[C@H]1CC[C@@H](C=O)N1C(=O)OC(C)(C)C.C[C@H]1CC[C@@H](c2ncc[nH]2)N1C(=O)O. The number of hydrogen-bond acceptors (Lipinski definition) is 5. The van der Waals surface area contributed by atoms with Crippen molar-refractivity contribution in [3.05, 3.63) is 18.2 Å². The van der Waals surface area contributed by atoms with Crippen molar-refractivity contribution in [2.45, 2.75) is 152 Å². The third-order valence-electron chi connectivity index (χ3n) is 5.20. The molecule has 0 aliphatic carbocycles. The molecule has 1 aromatic heterocycles. The van der Waals surface area contributed by atoms with Crippen LogP contribution < -0.4 is 0 Å². The van der Waals surface area contributed by atoms with Crippen LogP contribution in [0.1, 0.15) is 134 Å². The highest BCUT2D eigenvalue weighted by atomic mass is 16.6. The van der Waals surface area contributed by atoms with Crippen LogP contribution in [0, 0.1) is 17.8 Å². The first-order valence-electron chi connectivity index (χ1n) is 15.2. The van der Waals surface area contributed by atoms with Gasteiger partial charge in [0.05, 0.1) is 12.1 Å². The first kappa shape index (κ1) is 40.6. The summed E-state index contributed by atoms with van der Waals surface area (Å²) in [7, 11) is 0. The monoisotopic (exact) mass is 582 g/mol. The van der Waals surface area contributed by atoms with Gasteiger partial charge in [-0.1, -0.05) is 62.3 Å². The number of carbonyl (C=O) groups excluding carboxylic acids is 2. The maximum absolute atomic E-state index is 11.8. The van der Waals surface area contributed by atoms with Crippen molar-refractivity contribution in [2.24, 2.45) is 17.8 Å². The maximum Gasteiger partial charge on any atom is 0.411 e. The number of aldehydes is 1. The van der Waals surface area contributed by atoms with Gasteiger partial charge in [-0.2, -0.15) is 0 Å². The molecule has 2 amide bonds. The average molecular weight is 583 g/mol. The number of carboxylic acid groups (broad SMARTS) is 1. The standard InChI is InChI=1S/C11H19NO3.C9H13N3O2.3C4H10/c1-8-5-6-9(7-13)12(8)10(14)15-11(2,3)4;1-6-2-3-7(12(6)9(13)14)8-10-4-5-11-8;3*1-4(2)3/h7-9H,5-6H2,1-4H3;4-7H,2-3H2,1H3,(H,10,11)(H,13,14);3*4H,1-3H3/t8-,9-;6-,7-;;;/m00.../s1. The molecule has 2 saturated heterocycles. The molecule has 3 rings (SSSR count). The second-order valence-electron chi connectivity index (χ2n) is 13.8. The summed E-state index contributed by atoms with van der Waals surface area (Å²) in [6, 6.07) is -0.231. The average Bonchev–Trinajstić information content (AvgIpc) is 3.51. The van der Waals surface area contributed by atoms with E-state index in [2.05, 4.69) is 72.3 Å². The smallest absolute Gasteiger partial charge is 0.411 e. The Morgan fingerprint density at radius 2 is 1.34 bits per heavy atom. The molecule has 9 nitrogen and oxygen atoms in total. The van der Waals surface area contributed by atoms with Crippen LogP contribution in [0.5, 0.6) is 0 Å². The summed E-state index contributed by atoms with van der Waals surface area (Å²) in [6.45, 7) is 28.8. The summed E-state index contributed by atoms with van der Waals surface area (Å²) in [5, 5.41) is 9.04. The second kappa shape index (κ2) is 20.3. The van der Waals surface area contributed by atoms with Crippen LogP contribution in [0.15, 0.2) is 12.4 Å². The molecule has 0 saturated carbocycles. The summed E-state index contributed by atoms with van der Waals surface area (Å²) in [5.74, 6) is 3.25. The lowest BCUT2D eigenvalue weighted by molar-refractivity contribution is -0.112. The molecule has 9 heteroatoms. The number of hydrogen-bond donors (Lipinski definition) is 2. The number of H-pyrrole nitrogens is 1. The Bertz CT molecular complexity index is 811. The van der Waals surface area contributed by atoms with Crippen LogP contribution in [0.3, 0.4) is 0 Å². The van der Waals surface area contributed by atoms with Gasteiger partial charge in [0, 0.05) is 24.5 Å². The number of aromatic amines is 1. The Balaban J connectivity index is 0. The normalized spacial score (nSPS) is 21.5. The first-order valence-corrected chi connectivity index (χ1v) is 15.2. The number of imidazole rings is 1. The third-order valence-corrected chi connectivity index (χ3v) is 5.20. The lowest BCUT2D eigenvalue weighted by atomic mass is 10.2. The summed E-state index contributed by atoms with van der Waals surface area (Å²) >= 11 is 0. The van der Waals surface area contributed by atoms with Crippen molar-refractivity contribution in [3.8, 4) is 0 Å². The van der Waals surface area contributed by atoms with Gasteiger partial charge in [0.2, 0.25) is 0 Å². The molecule has 0 spiro atoms. The number of aromatic nitrogens is 2. The summed E-state index contributed by atoms with van der Waals surface area (Å²) in [6.07, 6.45) is 6.30. The van der Waals surface area contributed by atoms with Crippen molar-refractivity contribution in [1.29, 1.82) is 0 Å². The fourth-order valence-electron chi connectivity index (χ4n) is 3.82. The van der Waals surface area contributed by atoms with Gasteiger partial charge in [-0.25, -0.2) is 14.6 Å². The van der Waals surface area contributed by atoms with Crippen LogP contribution >= 0.6 is 0 Å². The number of amides is 2. The van der Waals surface area contributed by atoms with E-state index in [1.165, 1.54) is 9.80 Å². The van der Waals surface area contributed by atoms with E-state index in [9.17, 15) is 14.4 Å². The van der Waals surface area contributed by atoms with Gasteiger partial charge in [-0.3, -0.25) is 9.80 Å². The van der Waals surface area contributed by atoms with E-state index in [4.69, 9.17) is 9.84 Å². The summed E-state index contributed by atoms with van der Waals surface area (Å²) in [5.41, 5.74) is -0.507. The van der Waals surface area contributed by atoms with Crippen LogP contribution in [0.4, 0.5) is 9.59 Å². The van der Waals surface area contributed by atoms with Crippen LogP contribution in [0.2, 0.25) is 0 Å². The Morgan fingerprint density at radius 3 is 1.71 bits per heavy atom. The van der Waals surface area contributed by atoms with Gasteiger partial charge in [0.25, 0.3) is 0 Å². The molecular weight excluding hydrogens is 520 g/mol. The summed E-state index contributed by atoms with van der Waals surface area (Å²) < 4.78 is 5.25. The zero-order valence-electron chi connectivity index (χ0n) is 28.5. The van der Waals surface area contributed by atoms with E-state index >= 15 is 0 Å². The second-order valence-corrected chi connectivity index (χ2v) is 13.8. The van der Waals surface area contributed by atoms with Crippen molar-refractivity contribution in [2.75, 3.05) is 0 Å². The van der Waals surface area contributed by atoms with Gasteiger partial charge in [0.1, 0.15) is 17.7 Å².